The molecule has 0 radical (unpaired) electrons. The lowest BCUT2D eigenvalue weighted by molar-refractivity contribution is 0.590. The van der Waals surface area contributed by atoms with Crippen molar-refractivity contribution in [2.75, 3.05) is 10.2 Å². The van der Waals surface area contributed by atoms with Crippen LogP contribution in [-0.4, -0.2) is 16.8 Å². The van der Waals surface area contributed by atoms with Crippen LogP contribution in [0.15, 0.2) is 69.2 Å². The van der Waals surface area contributed by atoms with Crippen molar-refractivity contribution in [3.63, 3.8) is 0 Å². The number of nitrogens with one attached hydrogen (secondary N) is 2. The maximum Gasteiger partial charge on any atom is 0.347 e. The van der Waals surface area contributed by atoms with Crippen molar-refractivity contribution < 1.29 is 21.4 Å². The molecule has 33 heavy (non-hydrogen) atoms. The highest BCUT2D eigenvalue weighted by Gasteiger charge is 2.22. The molecule has 0 fully saturated rings. The van der Waals surface area contributed by atoms with Gasteiger partial charge in [-0.15, -0.1) is 0 Å². The van der Waals surface area contributed by atoms with Gasteiger partial charge in [0.05, 0.1) is 21.9 Å². The fourth-order valence-corrected chi connectivity index (χ4v) is 6.35. The first-order valence-corrected chi connectivity index (χ1v) is 14.7. The Kier molecular flexibility index (Phi) is 8.12. The third-order valence-electron chi connectivity index (χ3n) is 3.95. The number of aryl methyl sites for hydroxylation is 2. The predicted octanol–water partition coefficient (Wildman–Crippen LogP) is 4.80. The van der Waals surface area contributed by atoms with Crippen LogP contribution in [0.25, 0.3) is 0 Å². The topological polar surface area (TPSA) is 157 Å². The Hall–Kier alpha value is -3.08. The first-order valence-electron chi connectivity index (χ1n) is 9.00. The Morgan fingerprint density at radius 3 is 1.48 bits per heavy atom. The second kappa shape index (κ2) is 10.2. The summed E-state index contributed by atoms with van der Waals surface area (Å²) in [5.41, 5.74) is 1.30. The average molecular weight is 525 g/mol. The number of anilines is 2. The first kappa shape index (κ1) is 26.2. The Bertz CT molecular complexity index is 1380. The van der Waals surface area contributed by atoms with E-state index >= 15 is 0 Å². The molecule has 0 aromatic heterocycles. The second-order valence-corrected chi connectivity index (χ2v) is 13.4. The normalized spacial score (nSPS) is 13.8. The van der Waals surface area contributed by atoms with E-state index < -0.39 is 26.5 Å². The summed E-state index contributed by atoms with van der Waals surface area (Å²) in [5, 5.41) is 23.7. The molecule has 2 aromatic rings. The number of nitriles is 2. The second-order valence-electron chi connectivity index (χ2n) is 6.78. The van der Waals surface area contributed by atoms with E-state index in [2.05, 4.69) is 10.2 Å². The number of hydrogen-bond donors (Lipinski definition) is 2. The van der Waals surface area contributed by atoms with E-state index in [1.54, 1.807) is 26.0 Å². The minimum Gasteiger partial charge on any atom is -0.308 e. The molecule has 0 amide bonds. The number of hydrogen-bond acceptors (Lipinski definition) is 7. The molecule has 2 N–H and O–H groups in total. The van der Waals surface area contributed by atoms with Crippen LogP contribution in [-0.2, 0) is 24.2 Å². The lowest BCUT2D eigenvalue weighted by Gasteiger charge is -2.18. The largest absolute Gasteiger partial charge is 0.347 e. The van der Waals surface area contributed by atoms with E-state index in [0.29, 0.717) is 11.1 Å². The van der Waals surface area contributed by atoms with Gasteiger partial charge >= 0.3 is 6.80 Å². The Morgan fingerprint density at radius 1 is 0.788 bits per heavy atom. The van der Waals surface area contributed by atoms with Crippen molar-refractivity contribution in [1.29, 1.82) is 10.5 Å². The maximum atomic E-state index is 13.0. The number of sulfone groups is 2. The summed E-state index contributed by atoms with van der Waals surface area (Å²) >= 11 is 6.13. The Balaban J connectivity index is 2.38. The van der Waals surface area contributed by atoms with Gasteiger partial charge in [-0.2, -0.15) is 10.5 Å². The van der Waals surface area contributed by atoms with Gasteiger partial charge in [0.1, 0.15) is 0 Å². The molecule has 0 unspecified atom stereocenters. The Morgan fingerprint density at radius 2 is 1.15 bits per heavy atom. The third-order valence-corrected chi connectivity index (χ3v) is 8.32. The molecular formula is C20H18ClN4O5PS2. The summed E-state index contributed by atoms with van der Waals surface area (Å²) in [6.45, 7) is -0.676. The molecule has 0 aliphatic carbocycles. The molecule has 0 bridgehead atoms. The summed E-state index contributed by atoms with van der Waals surface area (Å²) in [4.78, 5) is -0.275. The van der Waals surface area contributed by atoms with Crippen molar-refractivity contribution >= 4 is 49.1 Å². The highest BCUT2D eigenvalue weighted by molar-refractivity contribution is 7.94. The van der Waals surface area contributed by atoms with Gasteiger partial charge in [0.2, 0.25) is 19.7 Å². The van der Waals surface area contributed by atoms with Crippen LogP contribution in [0, 0.1) is 36.5 Å². The summed E-state index contributed by atoms with van der Waals surface area (Å²) < 4.78 is 62.3. The van der Waals surface area contributed by atoms with Crippen LogP contribution in [0.1, 0.15) is 11.1 Å². The van der Waals surface area contributed by atoms with Gasteiger partial charge in [0.15, 0.2) is 0 Å². The predicted molar refractivity (Wildman–Crippen MR) is 127 cm³/mol. The van der Waals surface area contributed by atoms with E-state index in [4.69, 9.17) is 21.8 Å². The highest BCUT2D eigenvalue weighted by Crippen LogP contribution is 2.51. The summed E-state index contributed by atoms with van der Waals surface area (Å²) in [5.74, 6) is 0. The van der Waals surface area contributed by atoms with E-state index in [9.17, 15) is 21.4 Å². The van der Waals surface area contributed by atoms with Crippen molar-refractivity contribution in [2.45, 2.75) is 23.6 Å². The zero-order valence-electron chi connectivity index (χ0n) is 17.4. The lowest BCUT2D eigenvalue weighted by atomic mass is 10.2. The monoisotopic (exact) mass is 524 g/mol. The van der Waals surface area contributed by atoms with Gasteiger partial charge in [-0.05, 0) is 72.6 Å². The lowest BCUT2D eigenvalue weighted by Crippen LogP contribution is -2.05. The van der Waals surface area contributed by atoms with Gasteiger partial charge in [-0.3, -0.25) is 4.57 Å². The van der Waals surface area contributed by atoms with Crippen LogP contribution >= 0.6 is 18.0 Å². The zero-order valence-corrected chi connectivity index (χ0v) is 20.6. The standard InChI is InChI=1S/C20H18ClN4O5PS2/c1-15-9-17(13-19(11-15)32(27,28)7-3-5-22)24-31(21,26)25-18-10-16(2)12-20(14-18)33(29,30)8-4-6-23/h3-4,7-14H,1-2H3,(H2,24,25,26). The van der Waals surface area contributed by atoms with Gasteiger partial charge in [0, 0.05) is 34.3 Å². The molecule has 0 spiro atoms. The van der Waals surface area contributed by atoms with Gasteiger partial charge in [-0.25, -0.2) is 16.8 Å². The summed E-state index contributed by atoms with van der Waals surface area (Å²) in [6.07, 6.45) is 1.65. The number of benzene rings is 2. The van der Waals surface area contributed by atoms with Crippen molar-refractivity contribution in [3.05, 3.63) is 70.5 Å². The SMILES string of the molecule is Cc1cc(NP(=O)(Cl)Nc2cc(C)cc(S(=O)(=O)C=CC#N)c2)cc(S(=O)(=O)C=CC#N)c1. The minimum absolute atomic E-state index is 0.127. The van der Waals surface area contributed by atoms with Crippen molar-refractivity contribution in [1.82, 2.24) is 0 Å². The molecule has 2 rings (SSSR count). The number of halogens is 1. The minimum atomic E-state index is -3.92. The van der Waals surface area contributed by atoms with Gasteiger partial charge in [0.25, 0.3) is 0 Å². The van der Waals surface area contributed by atoms with Crippen LogP contribution < -0.4 is 10.2 Å². The molecule has 0 aliphatic heterocycles. The van der Waals surface area contributed by atoms with Gasteiger partial charge in [-0.1, -0.05) is 0 Å². The van der Waals surface area contributed by atoms with E-state index in [1.165, 1.54) is 36.4 Å². The number of nitrogens with zero attached hydrogens (tertiary/aromatic N) is 2. The van der Waals surface area contributed by atoms with Crippen LogP contribution in [0.4, 0.5) is 11.4 Å². The molecule has 0 saturated heterocycles. The maximum absolute atomic E-state index is 13.0. The molecule has 0 aliphatic rings. The third kappa shape index (κ3) is 7.48. The zero-order chi connectivity index (χ0) is 24.9. The van der Waals surface area contributed by atoms with E-state index in [0.717, 1.165) is 23.0 Å². The quantitative estimate of drug-likeness (QED) is 0.365. The summed E-state index contributed by atoms with van der Waals surface area (Å²) in [7, 11) is -7.82. The fourth-order valence-electron chi connectivity index (χ4n) is 2.71. The van der Waals surface area contributed by atoms with E-state index in [1.807, 2.05) is 0 Å². The van der Waals surface area contributed by atoms with Gasteiger partial charge < -0.3 is 10.2 Å². The number of rotatable bonds is 8. The summed E-state index contributed by atoms with van der Waals surface area (Å²) in [6, 6.07) is 11.4. The fraction of sp³-hybridized carbons (Fsp3) is 0.100. The molecule has 0 atom stereocenters. The average Bonchev–Trinajstić information content (AvgIpc) is 2.69. The van der Waals surface area contributed by atoms with Crippen LogP contribution in [0.2, 0.25) is 0 Å². The highest BCUT2D eigenvalue weighted by atomic mass is 35.7. The van der Waals surface area contributed by atoms with Crippen molar-refractivity contribution in [2.24, 2.45) is 0 Å². The molecule has 0 heterocycles. The Labute approximate surface area is 197 Å². The van der Waals surface area contributed by atoms with Crippen LogP contribution in [0.5, 0.6) is 0 Å². The molecule has 2 aromatic carbocycles. The van der Waals surface area contributed by atoms with Crippen LogP contribution in [0.3, 0.4) is 0 Å². The first-order chi connectivity index (χ1) is 15.3. The molecular weight excluding hydrogens is 507 g/mol. The number of allylic oxidation sites excluding steroid dienone is 2. The molecule has 9 nitrogen and oxygen atoms in total. The molecule has 172 valence electrons. The van der Waals surface area contributed by atoms with E-state index in [-0.39, 0.29) is 21.2 Å². The van der Waals surface area contributed by atoms with Crippen molar-refractivity contribution in [3.8, 4) is 12.1 Å². The smallest absolute Gasteiger partial charge is 0.308 e. The molecule has 13 heteroatoms. The molecule has 0 saturated carbocycles.